The van der Waals surface area contributed by atoms with Gasteiger partial charge in [-0.1, -0.05) is 25.7 Å². The Kier molecular flexibility index (Phi) is 4.45. The van der Waals surface area contributed by atoms with E-state index in [0.29, 0.717) is 6.04 Å². The van der Waals surface area contributed by atoms with Crippen LogP contribution in [0.15, 0.2) is 0 Å². The zero-order chi connectivity index (χ0) is 10.5. The van der Waals surface area contributed by atoms with Crippen molar-refractivity contribution in [2.24, 2.45) is 5.73 Å². The van der Waals surface area contributed by atoms with Crippen LogP contribution in [0.4, 0.5) is 0 Å². The molecule has 0 bridgehead atoms. The molecule has 15 heavy (non-hydrogen) atoms. The first kappa shape index (κ1) is 11.4. The molecule has 2 fully saturated rings. The average molecular weight is 210 g/mol. The molecule has 2 aliphatic rings. The summed E-state index contributed by atoms with van der Waals surface area (Å²) in [5.74, 6) is 0. The highest BCUT2D eigenvalue weighted by Crippen LogP contribution is 2.22. The van der Waals surface area contributed by atoms with Gasteiger partial charge in [-0.3, -0.25) is 0 Å². The van der Waals surface area contributed by atoms with Crippen molar-refractivity contribution in [3.05, 3.63) is 0 Å². The highest BCUT2D eigenvalue weighted by molar-refractivity contribution is 4.82. The Hall–Kier alpha value is -0.0800. The first-order valence-corrected chi connectivity index (χ1v) is 6.86. The van der Waals surface area contributed by atoms with Crippen LogP contribution < -0.4 is 11.1 Å². The van der Waals surface area contributed by atoms with Crippen molar-refractivity contribution >= 4 is 0 Å². The van der Waals surface area contributed by atoms with Crippen LogP contribution in [0.1, 0.15) is 64.2 Å². The van der Waals surface area contributed by atoms with E-state index in [1.165, 1.54) is 64.2 Å². The lowest BCUT2D eigenvalue weighted by Gasteiger charge is -2.30. The highest BCUT2D eigenvalue weighted by Gasteiger charge is 2.21. The van der Waals surface area contributed by atoms with Gasteiger partial charge in [-0.2, -0.15) is 0 Å². The molecule has 0 radical (unpaired) electrons. The molecule has 0 heterocycles. The second-order valence-corrected chi connectivity index (χ2v) is 5.47. The maximum Gasteiger partial charge on any atom is 0.00708 e. The minimum atomic E-state index is 0.484. The van der Waals surface area contributed by atoms with Gasteiger partial charge in [0, 0.05) is 18.1 Å². The fourth-order valence-corrected chi connectivity index (χ4v) is 3.07. The van der Waals surface area contributed by atoms with Crippen LogP contribution in [0.5, 0.6) is 0 Å². The molecular formula is C13H26N2. The van der Waals surface area contributed by atoms with E-state index in [2.05, 4.69) is 5.32 Å². The van der Waals surface area contributed by atoms with Gasteiger partial charge in [-0.25, -0.2) is 0 Å². The normalized spacial score (nSPS) is 35.0. The molecule has 88 valence electrons. The van der Waals surface area contributed by atoms with Gasteiger partial charge in [0.15, 0.2) is 0 Å². The SMILES string of the molecule is NC1CCC(NC2CCCCCC2)CC1. The van der Waals surface area contributed by atoms with E-state index in [9.17, 15) is 0 Å². The zero-order valence-electron chi connectivity index (χ0n) is 9.88. The van der Waals surface area contributed by atoms with Crippen molar-refractivity contribution in [3.8, 4) is 0 Å². The van der Waals surface area contributed by atoms with E-state index in [0.717, 1.165) is 12.1 Å². The van der Waals surface area contributed by atoms with Crippen molar-refractivity contribution in [1.29, 1.82) is 0 Å². The van der Waals surface area contributed by atoms with Gasteiger partial charge in [0.05, 0.1) is 0 Å². The fraction of sp³-hybridized carbons (Fsp3) is 1.00. The molecule has 0 aromatic rings. The van der Waals surface area contributed by atoms with E-state index < -0.39 is 0 Å². The van der Waals surface area contributed by atoms with Gasteiger partial charge in [0.1, 0.15) is 0 Å². The summed E-state index contributed by atoms with van der Waals surface area (Å²) in [6, 6.07) is 2.07. The maximum absolute atomic E-state index is 5.93. The molecule has 0 aromatic carbocycles. The quantitative estimate of drug-likeness (QED) is 0.687. The molecule has 2 nitrogen and oxygen atoms in total. The van der Waals surface area contributed by atoms with E-state index in [1.807, 2.05) is 0 Å². The Balaban J connectivity index is 1.70. The molecule has 3 N–H and O–H groups in total. The van der Waals surface area contributed by atoms with Crippen LogP contribution in [0, 0.1) is 0 Å². The summed E-state index contributed by atoms with van der Waals surface area (Å²) < 4.78 is 0. The topological polar surface area (TPSA) is 38.0 Å². The first-order valence-electron chi connectivity index (χ1n) is 6.86. The second kappa shape index (κ2) is 5.86. The molecule has 2 aliphatic carbocycles. The predicted octanol–water partition coefficient (Wildman–Crippen LogP) is 2.57. The number of rotatable bonds is 2. The van der Waals surface area contributed by atoms with Crippen molar-refractivity contribution < 1.29 is 0 Å². The lowest BCUT2D eigenvalue weighted by Crippen LogP contribution is -2.42. The number of nitrogens with two attached hydrogens (primary N) is 1. The summed E-state index contributed by atoms with van der Waals surface area (Å²) in [7, 11) is 0. The van der Waals surface area contributed by atoms with Gasteiger partial charge in [-0.05, 0) is 38.5 Å². The lowest BCUT2D eigenvalue weighted by molar-refractivity contribution is 0.302. The van der Waals surface area contributed by atoms with Crippen LogP contribution in [-0.4, -0.2) is 18.1 Å². The molecule has 0 atom stereocenters. The van der Waals surface area contributed by atoms with E-state index in [1.54, 1.807) is 0 Å². The fourth-order valence-electron chi connectivity index (χ4n) is 3.07. The molecule has 0 amide bonds. The maximum atomic E-state index is 5.93. The monoisotopic (exact) mass is 210 g/mol. The van der Waals surface area contributed by atoms with Crippen molar-refractivity contribution in [3.63, 3.8) is 0 Å². The van der Waals surface area contributed by atoms with Gasteiger partial charge in [0.2, 0.25) is 0 Å². The minimum absolute atomic E-state index is 0.484. The number of hydrogen-bond acceptors (Lipinski definition) is 2. The lowest BCUT2D eigenvalue weighted by atomic mass is 9.91. The van der Waals surface area contributed by atoms with Gasteiger partial charge < -0.3 is 11.1 Å². The van der Waals surface area contributed by atoms with Crippen molar-refractivity contribution in [2.75, 3.05) is 0 Å². The van der Waals surface area contributed by atoms with Gasteiger partial charge in [-0.15, -0.1) is 0 Å². The van der Waals surface area contributed by atoms with Crippen LogP contribution in [-0.2, 0) is 0 Å². The minimum Gasteiger partial charge on any atom is -0.328 e. The first-order chi connectivity index (χ1) is 7.34. The van der Waals surface area contributed by atoms with E-state index >= 15 is 0 Å². The third kappa shape index (κ3) is 3.76. The molecule has 2 rings (SSSR count). The molecule has 0 spiro atoms. The third-order valence-electron chi connectivity index (χ3n) is 4.10. The van der Waals surface area contributed by atoms with Crippen molar-refractivity contribution in [2.45, 2.75) is 82.3 Å². The molecule has 0 saturated heterocycles. The summed E-state index contributed by atoms with van der Waals surface area (Å²) in [6.07, 6.45) is 13.6. The third-order valence-corrected chi connectivity index (χ3v) is 4.10. The van der Waals surface area contributed by atoms with Crippen LogP contribution in [0.25, 0.3) is 0 Å². The molecule has 2 heteroatoms. The molecular weight excluding hydrogens is 184 g/mol. The molecule has 0 aliphatic heterocycles. The Labute approximate surface area is 94.0 Å². The predicted molar refractivity (Wildman–Crippen MR) is 64.9 cm³/mol. The van der Waals surface area contributed by atoms with Gasteiger partial charge in [0.25, 0.3) is 0 Å². The standard InChI is InChI=1S/C13H26N2/c14-11-7-9-13(10-8-11)15-12-5-3-1-2-4-6-12/h11-13,15H,1-10,14H2. The van der Waals surface area contributed by atoms with Crippen LogP contribution >= 0.6 is 0 Å². The molecule has 0 unspecified atom stereocenters. The summed E-state index contributed by atoms with van der Waals surface area (Å²) in [5.41, 5.74) is 5.93. The van der Waals surface area contributed by atoms with Crippen molar-refractivity contribution in [1.82, 2.24) is 5.32 Å². The van der Waals surface area contributed by atoms with Crippen LogP contribution in [0.2, 0.25) is 0 Å². The summed E-state index contributed by atoms with van der Waals surface area (Å²) in [5, 5.41) is 3.86. The summed E-state index contributed by atoms with van der Waals surface area (Å²) in [6.45, 7) is 0. The Bertz CT molecular complexity index is 165. The smallest absolute Gasteiger partial charge is 0.00708 e. The number of hydrogen-bond donors (Lipinski definition) is 2. The Morgan fingerprint density at radius 3 is 1.80 bits per heavy atom. The highest BCUT2D eigenvalue weighted by atomic mass is 15.0. The van der Waals surface area contributed by atoms with E-state index in [4.69, 9.17) is 5.73 Å². The Morgan fingerprint density at radius 1 is 0.667 bits per heavy atom. The van der Waals surface area contributed by atoms with Gasteiger partial charge >= 0.3 is 0 Å². The van der Waals surface area contributed by atoms with E-state index in [-0.39, 0.29) is 0 Å². The second-order valence-electron chi connectivity index (χ2n) is 5.47. The number of nitrogens with one attached hydrogen (secondary N) is 1. The molecule has 2 saturated carbocycles. The van der Waals surface area contributed by atoms with Crippen LogP contribution in [0.3, 0.4) is 0 Å². The average Bonchev–Trinajstić information content (AvgIpc) is 2.50. The summed E-state index contributed by atoms with van der Waals surface area (Å²) in [4.78, 5) is 0. The molecule has 0 aromatic heterocycles. The zero-order valence-corrected chi connectivity index (χ0v) is 9.88. The summed E-state index contributed by atoms with van der Waals surface area (Å²) >= 11 is 0. The largest absolute Gasteiger partial charge is 0.328 e. The Morgan fingerprint density at radius 2 is 1.20 bits per heavy atom.